The molecule has 0 unspecified atom stereocenters. The van der Waals surface area contributed by atoms with Crippen LogP contribution in [0.5, 0.6) is 0 Å². The first-order valence-electron chi connectivity index (χ1n) is 7.20. The number of para-hydroxylation sites is 1. The van der Waals surface area contributed by atoms with Crippen molar-refractivity contribution in [3.05, 3.63) is 66.4 Å². The molecule has 5 heteroatoms. The van der Waals surface area contributed by atoms with Gasteiger partial charge < -0.3 is 5.32 Å². The fourth-order valence-corrected chi connectivity index (χ4v) is 3.28. The summed E-state index contributed by atoms with van der Waals surface area (Å²) >= 11 is 0. The zero-order chi connectivity index (χ0) is 16.2. The molecule has 3 rings (SSSR count). The fraction of sp³-hybridized carbons (Fsp3) is 0.111. The van der Waals surface area contributed by atoms with Gasteiger partial charge in [-0.05, 0) is 23.8 Å². The zero-order valence-electron chi connectivity index (χ0n) is 12.7. The molecular formula is C18H16N2O2S. The van der Waals surface area contributed by atoms with Crippen LogP contribution in [0.25, 0.3) is 10.9 Å². The number of hydrogen-bond donors (Lipinski definition) is 1. The molecule has 0 bridgehead atoms. The first-order valence-corrected chi connectivity index (χ1v) is 8.76. The lowest BCUT2D eigenvalue weighted by atomic mass is 10.1. The van der Waals surface area contributed by atoms with Crippen LogP contribution in [-0.4, -0.2) is 21.4 Å². The lowest BCUT2D eigenvalue weighted by molar-refractivity contribution is -0.115. The number of rotatable bonds is 4. The van der Waals surface area contributed by atoms with E-state index in [0.29, 0.717) is 10.6 Å². The third-order valence-electron chi connectivity index (χ3n) is 3.54. The quantitative estimate of drug-likeness (QED) is 0.802. The number of fused-ring (bicyclic) bond motifs is 1. The molecule has 0 aliphatic carbocycles. The zero-order valence-corrected chi connectivity index (χ0v) is 13.5. The minimum absolute atomic E-state index is 0.152. The Hall–Kier alpha value is -2.53. The highest BCUT2D eigenvalue weighted by molar-refractivity contribution is 7.84. The van der Waals surface area contributed by atoms with Crippen LogP contribution in [-0.2, 0) is 22.0 Å². The summed E-state index contributed by atoms with van der Waals surface area (Å²) in [7, 11) is -1.12. The van der Waals surface area contributed by atoms with Gasteiger partial charge in [-0.15, -0.1) is 0 Å². The van der Waals surface area contributed by atoms with Gasteiger partial charge in [0.15, 0.2) is 0 Å². The summed E-state index contributed by atoms with van der Waals surface area (Å²) in [6.07, 6.45) is 3.50. The van der Waals surface area contributed by atoms with Gasteiger partial charge in [-0.2, -0.15) is 0 Å². The molecule has 1 aromatic heterocycles. The van der Waals surface area contributed by atoms with E-state index in [1.165, 1.54) is 0 Å². The Labute approximate surface area is 137 Å². The first-order chi connectivity index (χ1) is 11.1. The van der Waals surface area contributed by atoms with Crippen molar-refractivity contribution >= 4 is 33.3 Å². The molecule has 1 amide bonds. The number of carbonyl (C=O) groups excluding carboxylic acids is 1. The van der Waals surface area contributed by atoms with E-state index in [1.807, 2.05) is 48.5 Å². The van der Waals surface area contributed by atoms with Crippen molar-refractivity contribution in [3.63, 3.8) is 0 Å². The predicted octanol–water partition coefficient (Wildman–Crippen LogP) is 3.15. The topological polar surface area (TPSA) is 59.1 Å². The van der Waals surface area contributed by atoms with E-state index in [9.17, 15) is 9.00 Å². The number of anilines is 1. The third kappa shape index (κ3) is 3.46. The van der Waals surface area contributed by atoms with Gasteiger partial charge >= 0.3 is 0 Å². The van der Waals surface area contributed by atoms with Crippen LogP contribution in [0.3, 0.4) is 0 Å². The minimum Gasteiger partial charge on any atom is -0.324 e. The molecular weight excluding hydrogens is 308 g/mol. The van der Waals surface area contributed by atoms with Gasteiger partial charge in [0.1, 0.15) is 0 Å². The number of pyridine rings is 1. The Morgan fingerprint density at radius 1 is 1.09 bits per heavy atom. The number of hydrogen-bond acceptors (Lipinski definition) is 3. The lowest BCUT2D eigenvalue weighted by Crippen LogP contribution is -2.16. The number of nitrogens with zero attached hydrogens (tertiary/aromatic N) is 1. The fourth-order valence-electron chi connectivity index (χ4n) is 2.50. The largest absolute Gasteiger partial charge is 0.324 e. The molecule has 0 spiro atoms. The van der Waals surface area contributed by atoms with Gasteiger partial charge in [0.25, 0.3) is 0 Å². The van der Waals surface area contributed by atoms with Gasteiger partial charge in [-0.1, -0.05) is 36.4 Å². The second kappa shape index (κ2) is 6.71. The van der Waals surface area contributed by atoms with Crippen molar-refractivity contribution in [1.29, 1.82) is 0 Å². The summed E-state index contributed by atoms with van der Waals surface area (Å²) in [6.45, 7) is 0. The second-order valence-electron chi connectivity index (χ2n) is 5.17. The molecule has 0 saturated carbocycles. The van der Waals surface area contributed by atoms with E-state index in [4.69, 9.17) is 0 Å². The maximum atomic E-state index is 12.4. The molecule has 0 radical (unpaired) electrons. The average Bonchev–Trinajstić information content (AvgIpc) is 2.55. The predicted molar refractivity (Wildman–Crippen MR) is 92.9 cm³/mol. The van der Waals surface area contributed by atoms with Gasteiger partial charge in [-0.25, -0.2) is 0 Å². The number of carbonyl (C=O) groups is 1. The highest BCUT2D eigenvalue weighted by Gasteiger charge is 2.11. The van der Waals surface area contributed by atoms with Crippen molar-refractivity contribution in [3.8, 4) is 0 Å². The monoisotopic (exact) mass is 324 g/mol. The molecule has 1 atom stereocenters. The second-order valence-corrected chi connectivity index (χ2v) is 6.52. The number of benzene rings is 2. The molecule has 3 aromatic rings. The number of aromatic nitrogens is 1. The van der Waals surface area contributed by atoms with Crippen LogP contribution >= 0.6 is 0 Å². The Bertz CT molecular complexity index is 888. The van der Waals surface area contributed by atoms with E-state index >= 15 is 0 Å². The molecule has 1 N–H and O–H groups in total. The molecule has 0 saturated heterocycles. The van der Waals surface area contributed by atoms with Crippen LogP contribution in [0.1, 0.15) is 5.56 Å². The summed E-state index contributed by atoms with van der Waals surface area (Å²) in [4.78, 5) is 17.4. The molecule has 23 heavy (non-hydrogen) atoms. The first kappa shape index (κ1) is 15.4. The summed E-state index contributed by atoms with van der Waals surface area (Å²) in [5.74, 6) is -0.152. The molecule has 4 nitrogen and oxygen atoms in total. The highest BCUT2D eigenvalue weighted by Crippen LogP contribution is 2.21. The van der Waals surface area contributed by atoms with Gasteiger partial charge in [0.05, 0.1) is 28.4 Å². The lowest BCUT2D eigenvalue weighted by Gasteiger charge is -2.10. The maximum absolute atomic E-state index is 12.4. The molecule has 0 aliphatic heterocycles. The Morgan fingerprint density at radius 2 is 1.87 bits per heavy atom. The van der Waals surface area contributed by atoms with E-state index in [0.717, 1.165) is 16.5 Å². The summed E-state index contributed by atoms with van der Waals surface area (Å²) < 4.78 is 11.8. The number of amides is 1. The van der Waals surface area contributed by atoms with Crippen LogP contribution in [0.2, 0.25) is 0 Å². The smallest absolute Gasteiger partial charge is 0.228 e. The van der Waals surface area contributed by atoms with Crippen LogP contribution < -0.4 is 5.32 Å². The number of nitrogens with one attached hydrogen (secondary N) is 1. The van der Waals surface area contributed by atoms with Crippen molar-refractivity contribution < 1.29 is 9.00 Å². The molecule has 0 fully saturated rings. The van der Waals surface area contributed by atoms with E-state index in [-0.39, 0.29) is 12.3 Å². The molecule has 1 heterocycles. The SMILES string of the molecule is C[S@](=O)c1ccccc1CC(=O)Nc1cccc2cccnc12. The third-order valence-corrected chi connectivity index (χ3v) is 4.56. The minimum atomic E-state index is -1.12. The van der Waals surface area contributed by atoms with Gasteiger partial charge in [0, 0.05) is 22.7 Å². The normalized spacial score (nSPS) is 12.0. The van der Waals surface area contributed by atoms with Crippen LogP contribution in [0.4, 0.5) is 5.69 Å². The van der Waals surface area contributed by atoms with Crippen molar-refractivity contribution in [2.24, 2.45) is 0 Å². The van der Waals surface area contributed by atoms with Crippen LogP contribution in [0, 0.1) is 0 Å². The Morgan fingerprint density at radius 3 is 2.70 bits per heavy atom. The highest BCUT2D eigenvalue weighted by atomic mass is 32.2. The Balaban J connectivity index is 1.84. The van der Waals surface area contributed by atoms with Crippen molar-refractivity contribution in [2.75, 3.05) is 11.6 Å². The van der Waals surface area contributed by atoms with E-state index in [1.54, 1.807) is 18.5 Å². The van der Waals surface area contributed by atoms with E-state index in [2.05, 4.69) is 10.3 Å². The van der Waals surface area contributed by atoms with Gasteiger partial charge in [0.2, 0.25) is 5.91 Å². The maximum Gasteiger partial charge on any atom is 0.228 e. The van der Waals surface area contributed by atoms with Crippen LogP contribution in [0.15, 0.2) is 65.7 Å². The Kier molecular flexibility index (Phi) is 4.48. The average molecular weight is 324 g/mol. The summed E-state index contributed by atoms with van der Waals surface area (Å²) in [5.41, 5.74) is 2.22. The van der Waals surface area contributed by atoms with E-state index < -0.39 is 10.8 Å². The standard InChI is InChI=1S/C18H16N2O2S/c1-23(22)16-10-3-2-6-14(16)12-17(21)20-15-9-4-7-13-8-5-11-19-18(13)15/h2-11H,12H2,1H3,(H,20,21)/t23-/m0/s1. The van der Waals surface area contributed by atoms with Gasteiger partial charge in [-0.3, -0.25) is 14.0 Å². The van der Waals surface area contributed by atoms with Crippen molar-refractivity contribution in [2.45, 2.75) is 11.3 Å². The molecule has 116 valence electrons. The molecule has 0 aliphatic rings. The van der Waals surface area contributed by atoms with Crippen molar-refractivity contribution in [1.82, 2.24) is 4.98 Å². The molecule has 2 aromatic carbocycles. The summed E-state index contributed by atoms with van der Waals surface area (Å²) in [5, 5.41) is 3.87. The summed E-state index contributed by atoms with van der Waals surface area (Å²) in [6, 6.07) is 16.8.